The van der Waals surface area contributed by atoms with Gasteiger partial charge >= 0.3 is 6.18 Å². The quantitative estimate of drug-likeness (QED) is 0.360. The summed E-state index contributed by atoms with van der Waals surface area (Å²) < 4.78 is 57.2. The zero-order valence-electron chi connectivity index (χ0n) is 17.6. The average Bonchev–Trinajstić information content (AvgIpc) is 2.72. The molecular formula is C23H21ClF4N2O3. The van der Waals surface area contributed by atoms with E-state index < -0.39 is 41.5 Å². The molecule has 3 atom stereocenters. The molecule has 10 heteroatoms. The monoisotopic (exact) mass is 484 g/mol. The molecule has 1 aliphatic carbocycles. The lowest BCUT2D eigenvalue weighted by atomic mass is 9.68. The minimum absolute atomic E-state index is 0.0251. The highest BCUT2D eigenvalue weighted by Crippen LogP contribution is 2.56. The van der Waals surface area contributed by atoms with Crippen molar-refractivity contribution in [1.29, 1.82) is 0 Å². The Hall–Kier alpha value is -2.78. The van der Waals surface area contributed by atoms with Crippen molar-refractivity contribution >= 4 is 28.2 Å². The lowest BCUT2D eigenvalue weighted by Gasteiger charge is -2.46. The van der Waals surface area contributed by atoms with Crippen LogP contribution in [0.4, 0.5) is 23.2 Å². The number of aliphatic hydroxyl groups is 1. The number of alkyl halides is 3. The van der Waals surface area contributed by atoms with E-state index in [4.69, 9.17) is 11.6 Å². The highest BCUT2D eigenvalue weighted by atomic mass is 35.5. The number of benzene rings is 2. The van der Waals surface area contributed by atoms with Crippen LogP contribution in [0.25, 0.3) is 10.9 Å². The molecule has 0 spiro atoms. The van der Waals surface area contributed by atoms with Crippen LogP contribution in [0.1, 0.15) is 48.4 Å². The number of fused-ring (bicyclic) bond motifs is 2. The number of phenolic OH excluding ortho intramolecular Hbond substituents is 1. The molecule has 5 nitrogen and oxygen atoms in total. The second kappa shape index (κ2) is 7.92. The Bertz CT molecular complexity index is 1310. The lowest BCUT2D eigenvalue weighted by Crippen LogP contribution is -2.55. The Labute approximate surface area is 191 Å². The van der Waals surface area contributed by atoms with Gasteiger partial charge < -0.3 is 20.5 Å². The first-order valence-electron chi connectivity index (χ1n) is 10.3. The summed E-state index contributed by atoms with van der Waals surface area (Å²) in [4.78, 5) is 14.1. The minimum Gasteiger partial charge on any atom is -0.507 e. The van der Waals surface area contributed by atoms with E-state index in [1.165, 1.54) is 12.1 Å². The smallest absolute Gasteiger partial charge is 0.419 e. The van der Waals surface area contributed by atoms with Crippen molar-refractivity contribution in [1.82, 2.24) is 4.98 Å². The van der Waals surface area contributed by atoms with Gasteiger partial charge in [-0.3, -0.25) is 4.79 Å². The van der Waals surface area contributed by atoms with Gasteiger partial charge in [0.1, 0.15) is 11.6 Å². The normalized spacial score (nSPS) is 22.9. The standard InChI is InChI=1S/C23H21ClF4N2O3/c1-3-11-9-22(33,23(26,27)28)21(14-8-15(24)10(2)20(32)19(11)14)30-17-7-12(25)6-16-13(17)4-5-18(31)29-16/h4-8,11,21,30,32-33H,3,9H2,1-2H3,(H,29,31)/t11-,21?,22+/m0/s1. The zero-order valence-corrected chi connectivity index (χ0v) is 18.4. The van der Waals surface area contributed by atoms with Gasteiger partial charge in [-0.2, -0.15) is 13.2 Å². The van der Waals surface area contributed by atoms with E-state index in [1.807, 2.05) is 0 Å². The summed E-state index contributed by atoms with van der Waals surface area (Å²) in [6.07, 6.45) is -5.53. The van der Waals surface area contributed by atoms with E-state index >= 15 is 0 Å². The van der Waals surface area contributed by atoms with Gasteiger partial charge in [0.05, 0.1) is 11.6 Å². The van der Waals surface area contributed by atoms with Crippen molar-refractivity contribution in [3.05, 3.63) is 68.2 Å². The molecule has 0 aliphatic heterocycles. The summed E-state index contributed by atoms with van der Waals surface area (Å²) >= 11 is 6.20. The number of hydrogen-bond donors (Lipinski definition) is 4. The average molecular weight is 485 g/mol. The molecular weight excluding hydrogens is 464 g/mol. The van der Waals surface area contributed by atoms with Gasteiger partial charge in [0.15, 0.2) is 5.60 Å². The largest absolute Gasteiger partial charge is 0.507 e. The van der Waals surface area contributed by atoms with Gasteiger partial charge in [-0.15, -0.1) is 0 Å². The Morgan fingerprint density at radius 3 is 2.61 bits per heavy atom. The molecule has 4 rings (SSSR count). The van der Waals surface area contributed by atoms with Gasteiger partial charge in [-0.25, -0.2) is 4.39 Å². The Kier molecular flexibility index (Phi) is 5.61. The van der Waals surface area contributed by atoms with Crippen molar-refractivity contribution in [3.8, 4) is 5.75 Å². The van der Waals surface area contributed by atoms with E-state index in [2.05, 4.69) is 10.3 Å². The maximum atomic E-state index is 14.3. The first-order chi connectivity index (χ1) is 15.4. The second-order valence-electron chi connectivity index (χ2n) is 8.38. The molecule has 1 aromatic heterocycles. The topological polar surface area (TPSA) is 85.4 Å². The molecule has 1 aliphatic rings. The van der Waals surface area contributed by atoms with E-state index in [-0.39, 0.29) is 44.9 Å². The first kappa shape index (κ1) is 23.4. The summed E-state index contributed by atoms with van der Waals surface area (Å²) in [5.41, 5.74) is -3.18. The van der Waals surface area contributed by atoms with Crippen molar-refractivity contribution in [2.45, 2.75) is 50.4 Å². The van der Waals surface area contributed by atoms with Gasteiger partial charge in [-0.05, 0) is 55.5 Å². The van der Waals surface area contributed by atoms with Crippen LogP contribution < -0.4 is 10.9 Å². The van der Waals surface area contributed by atoms with Crippen molar-refractivity contribution in [2.75, 3.05) is 5.32 Å². The number of anilines is 1. The van der Waals surface area contributed by atoms with Crippen LogP contribution >= 0.6 is 11.6 Å². The number of halogens is 5. The zero-order chi connectivity index (χ0) is 24.3. The summed E-state index contributed by atoms with van der Waals surface area (Å²) in [5, 5.41) is 24.7. The SMILES string of the molecule is CC[C@H]1C[C@](O)(C(F)(F)F)C(Nc2cc(F)cc3[nH]c(=O)ccc23)c2cc(Cl)c(C)c(O)c21. The second-order valence-corrected chi connectivity index (χ2v) is 8.79. The third-order valence-corrected chi connectivity index (χ3v) is 6.80. The molecule has 0 bridgehead atoms. The number of rotatable bonds is 3. The number of pyridine rings is 1. The molecule has 3 aromatic rings. The number of aromatic nitrogens is 1. The summed E-state index contributed by atoms with van der Waals surface area (Å²) in [7, 11) is 0. The molecule has 0 radical (unpaired) electrons. The van der Waals surface area contributed by atoms with Gasteiger partial charge in [-0.1, -0.05) is 18.5 Å². The number of H-pyrrole nitrogens is 1. The lowest BCUT2D eigenvalue weighted by molar-refractivity contribution is -0.272. The molecule has 1 heterocycles. The molecule has 176 valence electrons. The Balaban J connectivity index is 1.99. The number of aromatic amines is 1. The predicted molar refractivity (Wildman–Crippen MR) is 117 cm³/mol. The van der Waals surface area contributed by atoms with Crippen LogP contribution in [0, 0.1) is 12.7 Å². The maximum absolute atomic E-state index is 14.3. The number of aromatic hydroxyl groups is 1. The molecule has 4 N–H and O–H groups in total. The van der Waals surface area contributed by atoms with Gasteiger partial charge in [0, 0.05) is 33.3 Å². The van der Waals surface area contributed by atoms with E-state index in [0.717, 1.165) is 18.2 Å². The maximum Gasteiger partial charge on any atom is 0.419 e. The third kappa shape index (κ3) is 3.73. The van der Waals surface area contributed by atoms with Crippen molar-refractivity contribution < 1.29 is 27.8 Å². The summed E-state index contributed by atoms with van der Waals surface area (Å²) in [5.74, 6) is -1.82. The van der Waals surface area contributed by atoms with E-state index in [1.54, 1.807) is 13.8 Å². The van der Waals surface area contributed by atoms with Crippen LogP contribution in [-0.2, 0) is 0 Å². The number of hydrogen-bond acceptors (Lipinski definition) is 4. The van der Waals surface area contributed by atoms with E-state index in [0.29, 0.717) is 5.56 Å². The van der Waals surface area contributed by atoms with Crippen LogP contribution in [0.2, 0.25) is 5.02 Å². The predicted octanol–water partition coefficient (Wildman–Crippen LogP) is 5.68. The van der Waals surface area contributed by atoms with Gasteiger partial charge in [0.25, 0.3) is 0 Å². The fourth-order valence-electron chi connectivity index (χ4n) is 4.63. The molecule has 0 saturated heterocycles. The fourth-order valence-corrected chi connectivity index (χ4v) is 4.84. The van der Waals surface area contributed by atoms with Crippen LogP contribution in [0.15, 0.2) is 35.1 Å². The number of nitrogens with one attached hydrogen (secondary N) is 2. The van der Waals surface area contributed by atoms with Crippen molar-refractivity contribution in [2.24, 2.45) is 0 Å². The molecule has 33 heavy (non-hydrogen) atoms. The Morgan fingerprint density at radius 2 is 1.97 bits per heavy atom. The van der Waals surface area contributed by atoms with Crippen molar-refractivity contribution in [3.63, 3.8) is 0 Å². The fraction of sp³-hybridized carbons (Fsp3) is 0.348. The molecule has 2 aromatic carbocycles. The number of phenols is 1. The third-order valence-electron chi connectivity index (χ3n) is 6.40. The molecule has 0 amide bonds. The van der Waals surface area contributed by atoms with Crippen LogP contribution in [-0.4, -0.2) is 27.0 Å². The van der Waals surface area contributed by atoms with E-state index in [9.17, 15) is 32.6 Å². The molecule has 0 fully saturated rings. The highest BCUT2D eigenvalue weighted by Gasteiger charge is 2.62. The minimum atomic E-state index is -5.06. The summed E-state index contributed by atoms with van der Waals surface area (Å²) in [6, 6.07) is 4.03. The molecule has 0 saturated carbocycles. The first-order valence-corrected chi connectivity index (χ1v) is 10.6. The highest BCUT2D eigenvalue weighted by molar-refractivity contribution is 6.31. The van der Waals surface area contributed by atoms with Crippen LogP contribution in [0.3, 0.4) is 0 Å². The Morgan fingerprint density at radius 1 is 1.27 bits per heavy atom. The summed E-state index contributed by atoms with van der Waals surface area (Å²) in [6.45, 7) is 3.22. The van der Waals surface area contributed by atoms with Gasteiger partial charge in [0.2, 0.25) is 5.56 Å². The molecule has 1 unspecified atom stereocenters. The van der Waals surface area contributed by atoms with Crippen LogP contribution in [0.5, 0.6) is 5.75 Å².